The van der Waals surface area contributed by atoms with Gasteiger partial charge < -0.3 is 54.1 Å². The molecule has 1 aromatic heterocycles. The molecule has 36 heavy (non-hydrogen) atoms. The maximum Gasteiger partial charge on any atom is 0.326 e. The number of primary amides is 1. The highest BCUT2D eigenvalue weighted by Crippen LogP contribution is 2.02. The molecule has 17 nitrogen and oxygen atoms in total. The summed E-state index contributed by atoms with van der Waals surface area (Å²) in [7, 11) is 0. The minimum absolute atomic E-state index is 0.0569. The highest BCUT2D eigenvalue weighted by Gasteiger charge is 2.31. The van der Waals surface area contributed by atoms with Gasteiger partial charge in [0.25, 0.3) is 0 Å². The third-order valence-corrected chi connectivity index (χ3v) is 4.75. The Morgan fingerprint density at radius 1 is 1.00 bits per heavy atom. The molecule has 4 unspecified atom stereocenters. The summed E-state index contributed by atoms with van der Waals surface area (Å²) >= 11 is 0. The van der Waals surface area contributed by atoms with Crippen molar-refractivity contribution in [1.29, 1.82) is 0 Å². The van der Waals surface area contributed by atoms with Gasteiger partial charge in [-0.25, -0.2) is 9.78 Å². The Morgan fingerprint density at radius 3 is 2.14 bits per heavy atom. The molecule has 0 fully saturated rings. The summed E-state index contributed by atoms with van der Waals surface area (Å²) in [4.78, 5) is 70.8. The summed E-state index contributed by atoms with van der Waals surface area (Å²) in [5, 5.41) is 25.6. The molecule has 4 atom stereocenters. The zero-order valence-corrected chi connectivity index (χ0v) is 19.3. The standard InChI is InChI=1S/C19H32N10O7/c20-10(4-9-6-24-8-26-9)15(32)29-13(7-30)17(34)28-12(5-14(21)31)16(33)27-11(18(35)36)2-1-3-25-19(22)23/h6,8,10-13,30H,1-5,7,20H2,(H2,21,31)(H,24,26)(H,27,33)(H,28,34)(H,29,32)(H,35,36)(H4,22,23,25). The lowest BCUT2D eigenvalue weighted by molar-refractivity contribution is -0.142. The number of carboxylic acid groups (broad SMARTS) is 1. The van der Waals surface area contributed by atoms with E-state index in [9.17, 15) is 34.2 Å². The Balaban J connectivity index is 2.80. The molecule has 1 aromatic rings. The van der Waals surface area contributed by atoms with Crippen LogP contribution in [0.25, 0.3) is 0 Å². The minimum atomic E-state index is -1.58. The average molecular weight is 513 g/mol. The molecule has 4 amide bonds. The summed E-state index contributed by atoms with van der Waals surface area (Å²) in [6, 6.07) is -5.58. The molecular weight excluding hydrogens is 480 g/mol. The van der Waals surface area contributed by atoms with E-state index in [2.05, 4.69) is 30.9 Å². The molecule has 0 spiro atoms. The lowest BCUT2D eigenvalue weighted by atomic mass is 10.1. The second-order valence-electron chi connectivity index (χ2n) is 7.71. The first-order valence-corrected chi connectivity index (χ1v) is 10.8. The van der Waals surface area contributed by atoms with Gasteiger partial charge in [0.15, 0.2) is 5.96 Å². The van der Waals surface area contributed by atoms with E-state index >= 15 is 0 Å². The zero-order chi connectivity index (χ0) is 27.3. The van der Waals surface area contributed by atoms with Crippen LogP contribution in [0.2, 0.25) is 0 Å². The van der Waals surface area contributed by atoms with Gasteiger partial charge in [0.1, 0.15) is 18.1 Å². The third kappa shape index (κ3) is 10.8. The SMILES string of the molecule is NC(=O)CC(NC(=O)C(CO)NC(=O)C(N)Cc1cnc[nH]1)C(=O)NC(CCCN=C(N)N)C(=O)O. The Labute approximate surface area is 205 Å². The lowest BCUT2D eigenvalue weighted by Crippen LogP contribution is -2.58. The second kappa shape index (κ2) is 14.9. The number of aliphatic imine (C=N–C) groups is 1. The number of H-pyrrole nitrogens is 1. The number of hydrogen-bond acceptors (Lipinski definition) is 9. The van der Waals surface area contributed by atoms with Crippen LogP contribution in [0.15, 0.2) is 17.5 Å². The fourth-order valence-electron chi connectivity index (χ4n) is 2.91. The number of carbonyl (C=O) groups excluding carboxylic acids is 4. The largest absolute Gasteiger partial charge is 0.480 e. The molecule has 200 valence electrons. The predicted octanol–water partition coefficient (Wildman–Crippen LogP) is -5.26. The topological polar surface area (TPSA) is 307 Å². The molecular formula is C19H32N10O7. The fraction of sp³-hybridized carbons (Fsp3) is 0.526. The third-order valence-electron chi connectivity index (χ3n) is 4.75. The summed E-state index contributed by atoms with van der Waals surface area (Å²) in [6.07, 6.45) is 2.40. The maximum atomic E-state index is 12.6. The van der Waals surface area contributed by atoms with Gasteiger partial charge in [0, 0.05) is 24.9 Å². The highest BCUT2D eigenvalue weighted by molar-refractivity contribution is 5.96. The molecule has 0 aliphatic heterocycles. The van der Waals surface area contributed by atoms with E-state index in [0.717, 1.165) is 0 Å². The number of aliphatic carboxylic acids is 1. The van der Waals surface area contributed by atoms with Crippen LogP contribution >= 0.6 is 0 Å². The molecule has 14 N–H and O–H groups in total. The Kier molecular flexibility index (Phi) is 12.3. The zero-order valence-electron chi connectivity index (χ0n) is 19.3. The first kappa shape index (κ1) is 29.8. The van der Waals surface area contributed by atoms with E-state index in [1.54, 1.807) is 0 Å². The number of amides is 4. The quantitative estimate of drug-likeness (QED) is 0.0566. The molecule has 0 aromatic carbocycles. The number of carbonyl (C=O) groups is 5. The molecule has 0 bridgehead atoms. The van der Waals surface area contributed by atoms with Gasteiger partial charge in [-0.1, -0.05) is 0 Å². The number of hydrogen-bond donors (Lipinski definition) is 10. The van der Waals surface area contributed by atoms with E-state index in [1.165, 1.54) is 12.5 Å². The lowest BCUT2D eigenvalue weighted by Gasteiger charge is -2.23. The molecule has 0 saturated carbocycles. The Bertz CT molecular complexity index is 933. The molecule has 1 heterocycles. The number of rotatable bonds is 16. The number of aromatic nitrogens is 2. The number of imidazole rings is 1. The summed E-state index contributed by atoms with van der Waals surface area (Å²) < 4.78 is 0. The van der Waals surface area contributed by atoms with Crippen molar-refractivity contribution in [2.75, 3.05) is 13.2 Å². The van der Waals surface area contributed by atoms with Crippen LogP contribution in [0, 0.1) is 0 Å². The van der Waals surface area contributed by atoms with Gasteiger partial charge in [-0.2, -0.15) is 0 Å². The number of nitrogens with one attached hydrogen (secondary N) is 4. The number of aromatic amines is 1. The van der Waals surface area contributed by atoms with E-state index in [1.807, 2.05) is 0 Å². The molecule has 0 radical (unpaired) electrons. The van der Waals surface area contributed by atoms with Crippen LogP contribution in [0.1, 0.15) is 25.0 Å². The van der Waals surface area contributed by atoms with Crippen molar-refractivity contribution in [3.63, 3.8) is 0 Å². The van der Waals surface area contributed by atoms with Crippen molar-refractivity contribution in [3.05, 3.63) is 18.2 Å². The van der Waals surface area contributed by atoms with Crippen molar-refractivity contribution in [1.82, 2.24) is 25.9 Å². The van der Waals surface area contributed by atoms with Crippen LogP contribution < -0.4 is 38.9 Å². The summed E-state index contributed by atoms with van der Waals surface area (Å²) in [5.74, 6) is -5.34. The van der Waals surface area contributed by atoms with Crippen molar-refractivity contribution >= 4 is 35.6 Å². The van der Waals surface area contributed by atoms with Gasteiger partial charge in [-0.15, -0.1) is 0 Å². The molecule has 0 aliphatic rings. The Hall–Kier alpha value is -4.25. The van der Waals surface area contributed by atoms with Gasteiger partial charge in [0.2, 0.25) is 23.6 Å². The van der Waals surface area contributed by atoms with Crippen molar-refractivity contribution < 1.29 is 34.2 Å². The second-order valence-corrected chi connectivity index (χ2v) is 7.71. The van der Waals surface area contributed by atoms with Crippen molar-refractivity contribution in [3.8, 4) is 0 Å². The number of nitrogens with zero attached hydrogens (tertiary/aromatic N) is 2. The molecule has 0 saturated heterocycles. The highest BCUT2D eigenvalue weighted by atomic mass is 16.4. The predicted molar refractivity (Wildman–Crippen MR) is 125 cm³/mol. The molecule has 1 rings (SSSR count). The van der Waals surface area contributed by atoms with Crippen LogP contribution in [-0.2, 0) is 30.4 Å². The normalized spacial score (nSPS) is 13.9. The van der Waals surface area contributed by atoms with Crippen molar-refractivity contribution in [2.45, 2.75) is 49.9 Å². The number of carboxylic acids is 1. The van der Waals surface area contributed by atoms with E-state index in [4.69, 9.17) is 22.9 Å². The minimum Gasteiger partial charge on any atom is -0.480 e. The van der Waals surface area contributed by atoms with E-state index in [0.29, 0.717) is 5.69 Å². The molecule has 17 heteroatoms. The fourth-order valence-corrected chi connectivity index (χ4v) is 2.91. The van der Waals surface area contributed by atoms with Crippen LogP contribution in [-0.4, -0.2) is 93.1 Å². The van der Waals surface area contributed by atoms with Crippen LogP contribution in [0.3, 0.4) is 0 Å². The van der Waals surface area contributed by atoms with Crippen molar-refractivity contribution in [2.24, 2.45) is 27.9 Å². The first-order valence-electron chi connectivity index (χ1n) is 10.8. The van der Waals surface area contributed by atoms with Crippen LogP contribution in [0.5, 0.6) is 0 Å². The van der Waals surface area contributed by atoms with Gasteiger partial charge in [0.05, 0.1) is 25.4 Å². The number of guanidine groups is 1. The smallest absolute Gasteiger partial charge is 0.326 e. The first-order chi connectivity index (χ1) is 16.9. The molecule has 0 aliphatic carbocycles. The van der Waals surface area contributed by atoms with E-state index in [-0.39, 0.29) is 31.8 Å². The van der Waals surface area contributed by atoms with Gasteiger partial charge >= 0.3 is 5.97 Å². The average Bonchev–Trinajstić information content (AvgIpc) is 3.30. The van der Waals surface area contributed by atoms with Gasteiger partial charge in [-0.3, -0.25) is 24.2 Å². The van der Waals surface area contributed by atoms with Crippen LogP contribution in [0.4, 0.5) is 0 Å². The van der Waals surface area contributed by atoms with Gasteiger partial charge in [-0.05, 0) is 12.8 Å². The maximum absolute atomic E-state index is 12.6. The van der Waals surface area contributed by atoms with E-state index < -0.39 is 66.8 Å². The summed E-state index contributed by atoms with van der Waals surface area (Å²) in [5.41, 5.74) is 21.9. The Morgan fingerprint density at radius 2 is 1.61 bits per heavy atom. The number of nitrogens with two attached hydrogens (primary N) is 4. The summed E-state index contributed by atoms with van der Waals surface area (Å²) in [6.45, 7) is -0.744. The number of aliphatic hydroxyl groups is 1. The number of aliphatic hydroxyl groups excluding tert-OH is 1. The monoisotopic (exact) mass is 512 g/mol.